The van der Waals surface area contributed by atoms with E-state index in [1.807, 2.05) is 19.1 Å². The highest BCUT2D eigenvalue weighted by Gasteiger charge is 2.43. The molecule has 2 aromatic rings. The van der Waals surface area contributed by atoms with Crippen LogP contribution in [0.5, 0.6) is 5.75 Å². The molecule has 0 spiro atoms. The van der Waals surface area contributed by atoms with Gasteiger partial charge in [-0.2, -0.15) is 0 Å². The third-order valence-electron chi connectivity index (χ3n) is 4.94. The van der Waals surface area contributed by atoms with Crippen molar-refractivity contribution in [2.24, 2.45) is 10.7 Å². The van der Waals surface area contributed by atoms with Gasteiger partial charge in [0.05, 0.1) is 6.61 Å². The first kappa shape index (κ1) is 21.3. The van der Waals surface area contributed by atoms with Gasteiger partial charge in [-0.05, 0) is 31.2 Å². The maximum atomic E-state index is 12.9. The van der Waals surface area contributed by atoms with Gasteiger partial charge in [0.15, 0.2) is 0 Å². The number of nitrogens with one attached hydrogen (secondary N) is 1. The molecule has 1 aromatic heterocycles. The highest BCUT2D eigenvalue weighted by atomic mass is 16.5. The summed E-state index contributed by atoms with van der Waals surface area (Å²) in [4.78, 5) is 33.1. The van der Waals surface area contributed by atoms with Crippen LogP contribution in [0.2, 0.25) is 0 Å². The van der Waals surface area contributed by atoms with Gasteiger partial charge in [0.2, 0.25) is 5.91 Å². The Morgan fingerprint density at radius 3 is 2.73 bits per heavy atom. The van der Waals surface area contributed by atoms with E-state index in [1.54, 1.807) is 24.4 Å². The number of nitrogens with zero attached hydrogens (tertiary/aromatic N) is 2. The minimum absolute atomic E-state index is 0.0221. The number of primary amides is 1. The van der Waals surface area contributed by atoms with Crippen molar-refractivity contribution in [1.29, 1.82) is 0 Å². The molecule has 2 heterocycles. The molecule has 0 radical (unpaired) electrons. The molecule has 0 bridgehead atoms. The number of aromatic nitrogens is 1. The fraction of sp³-hybridized carbons (Fsp3) is 0.333. The van der Waals surface area contributed by atoms with E-state index in [4.69, 9.17) is 20.9 Å². The Labute approximate surface area is 174 Å². The third kappa shape index (κ3) is 4.57. The Hall–Kier alpha value is -3.46. The van der Waals surface area contributed by atoms with Gasteiger partial charge >= 0.3 is 0 Å². The van der Waals surface area contributed by atoms with Crippen LogP contribution in [0.3, 0.4) is 0 Å². The second-order valence-electron chi connectivity index (χ2n) is 7.12. The molecule has 0 aliphatic carbocycles. The van der Waals surface area contributed by atoms with Crippen LogP contribution in [0.4, 0.5) is 5.69 Å². The van der Waals surface area contributed by atoms with Gasteiger partial charge in [-0.3, -0.25) is 19.6 Å². The van der Waals surface area contributed by atoms with Crippen molar-refractivity contribution in [3.05, 3.63) is 53.3 Å². The molecule has 1 aliphatic rings. The van der Waals surface area contributed by atoms with E-state index in [9.17, 15) is 9.59 Å². The fourth-order valence-corrected chi connectivity index (χ4v) is 3.12. The molecular weight excluding hydrogens is 386 g/mol. The number of carbonyl (C=O) groups excluding carboxylic acids is 2. The van der Waals surface area contributed by atoms with Crippen LogP contribution in [0.15, 0.2) is 41.5 Å². The van der Waals surface area contributed by atoms with Crippen molar-refractivity contribution in [3.8, 4) is 5.75 Å². The molecule has 5 N–H and O–H groups in total. The molecule has 2 amide bonds. The molecule has 1 saturated heterocycles. The predicted octanol–water partition coefficient (Wildman–Crippen LogP) is 0.731. The van der Waals surface area contributed by atoms with E-state index in [1.165, 1.54) is 7.05 Å². The first-order chi connectivity index (χ1) is 14.3. The molecule has 3 rings (SSSR count). The second-order valence-corrected chi connectivity index (χ2v) is 7.12. The topological polar surface area (TPSA) is 142 Å². The predicted molar refractivity (Wildman–Crippen MR) is 112 cm³/mol. The number of rotatable bonds is 7. The van der Waals surface area contributed by atoms with Gasteiger partial charge in [-0.25, -0.2) is 0 Å². The lowest BCUT2D eigenvalue weighted by atomic mass is 9.96. The van der Waals surface area contributed by atoms with E-state index in [0.29, 0.717) is 36.6 Å². The quantitative estimate of drug-likeness (QED) is 0.453. The first-order valence-electron chi connectivity index (χ1n) is 9.46. The van der Waals surface area contributed by atoms with E-state index >= 15 is 0 Å². The number of anilines is 1. The number of hydrogen-bond donors (Lipinski definition) is 3. The number of amides is 2. The number of carbonyl (C=O) groups is 2. The van der Waals surface area contributed by atoms with Crippen LogP contribution < -0.4 is 21.5 Å². The molecule has 1 fully saturated rings. The Morgan fingerprint density at radius 2 is 2.13 bits per heavy atom. The SMILES string of the molecule is CN=C(C(=O)NC1(C(N)=O)CCOC1)c1cc(OCc2ccc(C)nc2)ccc1N. The van der Waals surface area contributed by atoms with Gasteiger partial charge in [0.1, 0.15) is 23.6 Å². The van der Waals surface area contributed by atoms with Gasteiger partial charge in [0, 0.05) is 48.8 Å². The molecule has 9 heteroatoms. The van der Waals surface area contributed by atoms with Gasteiger partial charge in [0.25, 0.3) is 5.91 Å². The van der Waals surface area contributed by atoms with Crippen LogP contribution in [0, 0.1) is 6.92 Å². The number of aliphatic imine (C=N–C) groups is 1. The summed E-state index contributed by atoms with van der Waals surface area (Å²) >= 11 is 0. The zero-order valence-electron chi connectivity index (χ0n) is 17.0. The summed E-state index contributed by atoms with van der Waals surface area (Å²) in [7, 11) is 1.47. The number of aryl methyl sites for hydroxylation is 1. The molecule has 1 atom stereocenters. The number of ether oxygens (including phenoxy) is 2. The third-order valence-corrected chi connectivity index (χ3v) is 4.94. The largest absolute Gasteiger partial charge is 0.489 e. The minimum Gasteiger partial charge on any atom is -0.489 e. The van der Waals surface area contributed by atoms with E-state index < -0.39 is 17.4 Å². The highest BCUT2D eigenvalue weighted by molar-refractivity contribution is 6.46. The van der Waals surface area contributed by atoms with Gasteiger partial charge < -0.3 is 26.3 Å². The van der Waals surface area contributed by atoms with Crippen LogP contribution in [-0.4, -0.2) is 48.3 Å². The molecule has 1 unspecified atom stereocenters. The second kappa shape index (κ2) is 8.91. The van der Waals surface area contributed by atoms with Crippen molar-refractivity contribution < 1.29 is 19.1 Å². The van der Waals surface area contributed by atoms with E-state index in [-0.39, 0.29) is 12.3 Å². The molecular formula is C21H25N5O4. The molecule has 1 aromatic carbocycles. The zero-order chi connectivity index (χ0) is 21.7. The van der Waals surface area contributed by atoms with Crippen LogP contribution >= 0.6 is 0 Å². The summed E-state index contributed by atoms with van der Waals surface area (Å²) in [5.74, 6) is -0.698. The average molecular weight is 411 g/mol. The van der Waals surface area contributed by atoms with Crippen LogP contribution in [0.25, 0.3) is 0 Å². The van der Waals surface area contributed by atoms with Crippen LogP contribution in [0.1, 0.15) is 23.2 Å². The Kier molecular flexibility index (Phi) is 6.31. The summed E-state index contributed by atoms with van der Waals surface area (Å²) < 4.78 is 11.1. The number of nitrogens with two attached hydrogens (primary N) is 2. The van der Waals surface area contributed by atoms with E-state index in [2.05, 4.69) is 15.3 Å². The number of pyridine rings is 1. The number of hydrogen-bond acceptors (Lipinski definition) is 7. The number of benzene rings is 1. The summed E-state index contributed by atoms with van der Waals surface area (Å²) in [5, 5.41) is 2.68. The summed E-state index contributed by atoms with van der Waals surface area (Å²) in [6.07, 6.45) is 2.04. The maximum absolute atomic E-state index is 12.9. The van der Waals surface area contributed by atoms with Crippen molar-refractivity contribution in [2.45, 2.75) is 25.5 Å². The summed E-state index contributed by atoms with van der Waals surface area (Å²) in [6, 6.07) is 8.82. The summed E-state index contributed by atoms with van der Waals surface area (Å²) in [5.41, 5.74) is 13.0. The lowest BCUT2D eigenvalue weighted by Gasteiger charge is -2.25. The molecule has 0 saturated carbocycles. The highest BCUT2D eigenvalue weighted by Crippen LogP contribution is 2.23. The first-order valence-corrected chi connectivity index (χ1v) is 9.46. The standard InChI is InChI=1S/C21H25N5O4/c1-13-3-4-14(10-25-13)11-30-15-5-6-17(22)16(9-15)18(24-2)19(27)26-21(20(23)28)7-8-29-12-21/h3-6,9-10H,7-8,11-12,22H2,1-2H3,(H2,23,28)(H,26,27). The Balaban J connectivity index is 1.78. The van der Waals surface area contributed by atoms with Crippen molar-refractivity contribution in [3.63, 3.8) is 0 Å². The minimum atomic E-state index is -1.26. The monoisotopic (exact) mass is 411 g/mol. The lowest BCUT2D eigenvalue weighted by Crippen LogP contribution is -2.59. The van der Waals surface area contributed by atoms with Crippen LogP contribution in [-0.2, 0) is 20.9 Å². The smallest absolute Gasteiger partial charge is 0.271 e. The number of nitrogen functional groups attached to an aromatic ring is 1. The van der Waals surface area contributed by atoms with E-state index in [0.717, 1.165) is 11.3 Å². The zero-order valence-corrected chi connectivity index (χ0v) is 17.0. The normalized spacial score (nSPS) is 18.8. The maximum Gasteiger partial charge on any atom is 0.271 e. The van der Waals surface area contributed by atoms with Crippen molar-refractivity contribution in [1.82, 2.24) is 10.3 Å². The lowest BCUT2D eigenvalue weighted by molar-refractivity contribution is -0.129. The van der Waals surface area contributed by atoms with Crippen molar-refractivity contribution >= 4 is 23.2 Å². The summed E-state index contributed by atoms with van der Waals surface area (Å²) in [6.45, 7) is 2.58. The van der Waals surface area contributed by atoms with Gasteiger partial charge in [-0.15, -0.1) is 0 Å². The average Bonchev–Trinajstić information content (AvgIpc) is 3.20. The fourth-order valence-electron chi connectivity index (χ4n) is 3.12. The molecule has 158 valence electrons. The molecule has 30 heavy (non-hydrogen) atoms. The molecule has 9 nitrogen and oxygen atoms in total. The Bertz CT molecular complexity index is 966. The van der Waals surface area contributed by atoms with Gasteiger partial charge in [-0.1, -0.05) is 6.07 Å². The van der Waals surface area contributed by atoms with Crippen molar-refractivity contribution in [2.75, 3.05) is 26.0 Å². The molecule has 1 aliphatic heterocycles. The Morgan fingerprint density at radius 1 is 1.33 bits per heavy atom.